The lowest BCUT2D eigenvalue weighted by Gasteiger charge is -2.30. The standard InChI is InChI=1S/C25H37N5O2S/c1-18(2)16-29-12-8-6-5-7-9-13-30(20(4)31)23-11-10-21(14-22(23)17-29)25(32)26-15-24-19(3)27-28-33-24/h10-11,14,18H,5-9,12-13,15-17H2,1-4H3,(H,26,32). The number of hydrogen-bond donors (Lipinski definition) is 1. The predicted octanol–water partition coefficient (Wildman–Crippen LogP) is 4.55. The highest BCUT2D eigenvalue weighted by molar-refractivity contribution is 7.05. The zero-order chi connectivity index (χ0) is 23.8. The third-order valence-electron chi connectivity index (χ3n) is 6.04. The van der Waals surface area contributed by atoms with Crippen molar-refractivity contribution in [2.45, 2.75) is 72.9 Å². The lowest BCUT2D eigenvalue weighted by atomic mass is 10.0. The Balaban J connectivity index is 1.89. The fourth-order valence-electron chi connectivity index (χ4n) is 4.37. The van der Waals surface area contributed by atoms with Crippen LogP contribution in [0.2, 0.25) is 0 Å². The SMILES string of the molecule is CC(=O)N1CCCCCCCN(CC(C)C)Cc2cc(C(=O)NCc3snnc3C)ccc21. The van der Waals surface area contributed by atoms with Gasteiger partial charge in [0.25, 0.3) is 5.91 Å². The lowest BCUT2D eigenvalue weighted by Crippen LogP contribution is -2.34. The van der Waals surface area contributed by atoms with E-state index in [0.29, 0.717) is 18.0 Å². The molecule has 0 unspecified atom stereocenters. The molecule has 0 fully saturated rings. The van der Waals surface area contributed by atoms with Crippen LogP contribution in [0, 0.1) is 12.8 Å². The summed E-state index contributed by atoms with van der Waals surface area (Å²) in [7, 11) is 0. The maximum absolute atomic E-state index is 12.9. The van der Waals surface area contributed by atoms with Crippen molar-refractivity contribution in [1.29, 1.82) is 0 Å². The van der Waals surface area contributed by atoms with Gasteiger partial charge < -0.3 is 10.2 Å². The molecule has 0 saturated carbocycles. The highest BCUT2D eigenvalue weighted by atomic mass is 32.1. The Morgan fingerprint density at radius 2 is 1.85 bits per heavy atom. The van der Waals surface area contributed by atoms with E-state index in [1.807, 2.05) is 30.0 Å². The molecule has 1 aliphatic heterocycles. The van der Waals surface area contributed by atoms with Crippen LogP contribution in [0.25, 0.3) is 0 Å². The van der Waals surface area contributed by atoms with Gasteiger partial charge in [-0.2, -0.15) is 0 Å². The monoisotopic (exact) mass is 471 g/mol. The number of carbonyl (C=O) groups is 2. The van der Waals surface area contributed by atoms with E-state index in [1.54, 1.807) is 6.92 Å². The summed E-state index contributed by atoms with van der Waals surface area (Å²) in [6.45, 7) is 11.9. The van der Waals surface area contributed by atoms with Gasteiger partial charge in [-0.15, -0.1) is 5.10 Å². The second kappa shape index (κ2) is 12.2. The fraction of sp³-hybridized carbons (Fsp3) is 0.600. The van der Waals surface area contributed by atoms with E-state index >= 15 is 0 Å². The van der Waals surface area contributed by atoms with E-state index in [-0.39, 0.29) is 11.8 Å². The maximum atomic E-state index is 12.9. The maximum Gasteiger partial charge on any atom is 0.251 e. The van der Waals surface area contributed by atoms with E-state index in [0.717, 1.165) is 60.8 Å². The highest BCUT2D eigenvalue weighted by Gasteiger charge is 2.20. The molecule has 1 aromatic carbocycles. The predicted molar refractivity (Wildman–Crippen MR) is 133 cm³/mol. The summed E-state index contributed by atoms with van der Waals surface area (Å²) < 4.78 is 3.93. The molecular weight excluding hydrogens is 434 g/mol. The summed E-state index contributed by atoms with van der Waals surface area (Å²) in [5, 5.41) is 7.00. The van der Waals surface area contributed by atoms with Gasteiger partial charge in [-0.25, -0.2) is 0 Å². The largest absolute Gasteiger partial charge is 0.347 e. The minimum Gasteiger partial charge on any atom is -0.347 e. The summed E-state index contributed by atoms with van der Waals surface area (Å²) in [4.78, 5) is 30.8. The first-order valence-corrected chi connectivity index (χ1v) is 12.8. The van der Waals surface area contributed by atoms with Crippen LogP contribution < -0.4 is 10.2 Å². The lowest BCUT2D eigenvalue weighted by molar-refractivity contribution is -0.116. The van der Waals surface area contributed by atoms with Gasteiger partial charge in [-0.1, -0.05) is 37.6 Å². The smallest absolute Gasteiger partial charge is 0.251 e. The Morgan fingerprint density at radius 3 is 2.52 bits per heavy atom. The molecule has 2 aromatic rings. The average Bonchev–Trinajstić information content (AvgIpc) is 3.17. The van der Waals surface area contributed by atoms with E-state index in [4.69, 9.17) is 0 Å². The molecule has 180 valence electrons. The molecule has 8 heteroatoms. The Bertz CT molecular complexity index is 943. The van der Waals surface area contributed by atoms with E-state index < -0.39 is 0 Å². The first kappa shape index (κ1) is 25.3. The van der Waals surface area contributed by atoms with Crippen LogP contribution in [0.4, 0.5) is 5.69 Å². The molecule has 0 radical (unpaired) electrons. The van der Waals surface area contributed by atoms with Crippen molar-refractivity contribution >= 4 is 29.0 Å². The molecule has 33 heavy (non-hydrogen) atoms. The van der Waals surface area contributed by atoms with Gasteiger partial charge in [0.15, 0.2) is 0 Å². The Morgan fingerprint density at radius 1 is 1.12 bits per heavy atom. The van der Waals surface area contributed by atoms with Crippen LogP contribution in [0.15, 0.2) is 18.2 Å². The van der Waals surface area contributed by atoms with Crippen LogP contribution in [0.5, 0.6) is 0 Å². The molecule has 0 spiro atoms. The fourth-order valence-corrected chi connectivity index (χ4v) is 4.94. The average molecular weight is 472 g/mol. The Labute approximate surface area is 201 Å². The number of anilines is 1. The Hall–Kier alpha value is -2.32. The van der Waals surface area contributed by atoms with Crippen molar-refractivity contribution in [3.63, 3.8) is 0 Å². The molecule has 0 saturated heterocycles. The van der Waals surface area contributed by atoms with Crippen LogP contribution in [-0.4, -0.2) is 45.9 Å². The highest BCUT2D eigenvalue weighted by Crippen LogP contribution is 2.26. The van der Waals surface area contributed by atoms with Crippen molar-refractivity contribution in [2.75, 3.05) is 24.5 Å². The second-order valence-corrected chi connectivity index (χ2v) is 10.2. The van der Waals surface area contributed by atoms with Crippen molar-refractivity contribution in [3.05, 3.63) is 39.9 Å². The van der Waals surface area contributed by atoms with E-state index in [1.165, 1.54) is 30.8 Å². The minimum absolute atomic E-state index is 0.0501. The number of nitrogens with zero attached hydrogens (tertiary/aromatic N) is 4. The quantitative estimate of drug-likeness (QED) is 0.692. The van der Waals surface area contributed by atoms with Crippen LogP contribution >= 0.6 is 11.5 Å². The van der Waals surface area contributed by atoms with Gasteiger partial charge in [0, 0.05) is 37.8 Å². The summed E-state index contributed by atoms with van der Waals surface area (Å²) in [5.74, 6) is 0.476. The van der Waals surface area contributed by atoms with Gasteiger partial charge in [0.05, 0.1) is 17.1 Å². The van der Waals surface area contributed by atoms with Gasteiger partial charge >= 0.3 is 0 Å². The van der Waals surface area contributed by atoms with Crippen molar-refractivity contribution in [3.8, 4) is 0 Å². The first-order valence-electron chi connectivity index (χ1n) is 12.0. The molecule has 2 heterocycles. The molecule has 1 N–H and O–H groups in total. The van der Waals surface area contributed by atoms with Crippen molar-refractivity contribution in [2.24, 2.45) is 5.92 Å². The normalized spacial score (nSPS) is 16.1. The first-order chi connectivity index (χ1) is 15.8. The number of aromatic nitrogens is 2. The van der Waals surface area contributed by atoms with Crippen LogP contribution in [0.1, 0.15) is 79.4 Å². The number of nitrogens with one attached hydrogen (secondary N) is 1. The second-order valence-electron chi connectivity index (χ2n) is 9.38. The number of amides is 2. The molecular formula is C25H37N5O2S. The third kappa shape index (κ3) is 7.33. The molecule has 0 atom stereocenters. The number of benzene rings is 1. The number of carbonyl (C=O) groups excluding carboxylic acids is 2. The summed E-state index contributed by atoms with van der Waals surface area (Å²) in [6, 6.07) is 5.75. The van der Waals surface area contributed by atoms with Gasteiger partial charge in [-0.3, -0.25) is 14.5 Å². The zero-order valence-electron chi connectivity index (χ0n) is 20.4. The number of rotatable bonds is 5. The summed E-state index contributed by atoms with van der Waals surface area (Å²) in [5.41, 5.74) is 3.42. The number of hydrogen-bond acceptors (Lipinski definition) is 6. The molecule has 2 amide bonds. The zero-order valence-corrected chi connectivity index (χ0v) is 21.2. The molecule has 3 rings (SSSR count). The molecule has 0 aliphatic carbocycles. The molecule has 0 bridgehead atoms. The topological polar surface area (TPSA) is 78.4 Å². The molecule has 1 aromatic heterocycles. The van der Waals surface area contributed by atoms with Gasteiger partial charge in [0.2, 0.25) is 5.91 Å². The van der Waals surface area contributed by atoms with Crippen LogP contribution in [0.3, 0.4) is 0 Å². The molecule has 7 nitrogen and oxygen atoms in total. The minimum atomic E-state index is -0.124. The van der Waals surface area contributed by atoms with Crippen LogP contribution in [-0.2, 0) is 17.9 Å². The molecule has 1 aliphatic rings. The van der Waals surface area contributed by atoms with E-state index in [9.17, 15) is 9.59 Å². The summed E-state index contributed by atoms with van der Waals surface area (Å²) >= 11 is 1.31. The summed E-state index contributed by atoms with van der Waals surface area (Å²) in [6.07, 6.45) is 5.74. The Kier molecular flexibility index (Phi) is 9.38. The van der Waals surface area contributed by atoms with E-state index in [2.05, 4.69) is 33.7 Å². The third-order valence-corrected chi connectivity index (χ3v) is 6.86. The van der Waals surface area contributed by atoms with Crippen molar-refractivity contribution in [1.82, 2.24) is 19.8 Å². The number of aryl methyl sites for hydroxylation is 1. The number of fused-ring (bicyclic) bond motifs is 1. The van der Waals surface area contributed by atoms with Crippen molar-refractivity contribution < 1.29 is 9.59 Å². The van der Waals surface area contributed by atoms with Gasteiger partial charge in [-0.05, 0) is 67.5 Å². The van der Waals surface area contributed by atoms with Gasteiger partial charge in [0.1, 0.15) is 0 Å².